The number of anilines is 1. The average Bonchev–Trinajstić information content (AvgIpc) is 2.82. The SMILES string of the molecule is CCCOC1CCCN(C(=O)Cn2cc(N)cn2)C1. The molecule has 1 aromatic rings. The number of piperidine rings is 1. The second-order valence-corrected chi connectivity index (χ2v) is 4.95. The molecule has 0 aliphatic carbocycles. The van der Waals surface area contributed by atoms with Crippen LogP contribution in [0.1, 0.15) is 26.2 Å². The van der Waals surface area contributed by atoms with Crippen molar-refractivity contribution in [2.75, 3.05) is 25.4 Å². The first-order valence-corrected chi connectivity index (χ1v) is 6.86. The predicted molar refractivity (Wildman–Crippen MR) is 72.5 cm³/mol. The molecule has 1 aliphatic heterocycles. The Morgan fingerprint density at radius 3 is 3.16 bits per heavy atom. The molecule has 2 N–H and O–H groups in total. The van der Waals surface area contributed by atoms with Gasteiger partial charge in [-0.2, -0.15) is 5.10 Å². The zero-order valence-electron chi connectivity index (χ0n) is 11.4. The van der Waals surface area contributed by atoms with Crippen molar-refractivity contribution in [1.29, 1.82) is 0 Å². The molecule has 1 fully saturated rings. The summed E-state index contributed by atoms with van der Waals surface area (Å²) in [6.07, 6.45) is 6.46. The minimum atomic E-state index is 0.0768. The molecule has 106 valence electrons. The lowest BCUT2D eigenvalue weighted by Gasteiger charge is -2.32. The molecule has 0 saturated carbocycles. The number of hydrogen-bond acceptors (Lipinski definition) is 4. The molecular weight excluding hydrogens is 244 g/mol. The quantitative estimate of drug-likeness (QED) is 0.858. The summed E-state index contributed by atoms with van der Waals surface area (Å²) >= 11 is 0. The number of amides is 1. The second-order valence-electron chi connectivity index (χ2n) is 4.95. The first-order valence-electron chi connectivity index (χ1n) is 6.86. The Balaban J connectivity index is 1.84. The summed E-state index contributed by atoms with van der Waals surface area (Å²) < 4.78 is 7.31. The van der Waals surface area contributed by atoms with Crippen LogP contribution in [0.4, 0.5) is 5.69 Å². The van der Waals surface area contributed by atoms with Crippen LogP contribution in [0, 0.1) is 0 Å². The van der Waals surface area contributed by atoms with Crippen LogP contribution in [0.15, 0.2) is 12.4 Å². The highest BCUT2D eigenvalue weighted by Crippen LogP contribution is 2.14. The Labute approximate surface area is 113 Å². The molecule has 2 heterocycles. The van der Waals surface area contributed by atoms with Gasteiger partial charge in [0, 0.05) is 25.9 Å². The van der Waals surface area contributed by atoms with Crippen LogP contribution < -0.4 is 5.73 Å². The summed E-state index contributed by atoms with van der Waals surface area (Å²) in [5.41, 5.74) is 6.16. The second kappa shape index (κ2) is 6.56. The molecule has 1 aliphatic rings. The highest BCUT2D eigenvalue weighted by Gasteiger charge is 2.24. The van der Waals surface area contributed by atoms with Crippen LogP contribution in [0.25, 0.3) is 0 Å². The molecule has 0 bridgehead atoms. The lowest BCUT2D eigenvalue weighted by Crippen LogP contribution is -2.44. The van der Waals surface area contributed by atoms with E-state index in [2.05, 4.69) is 12.0 Å². The lowest BCUT2D eigenvalue weighted by molar-refractivity contribution is -0.136. The minimum absolute atomic E-state index is 0.0768. The van der Waals surface area contributed by atoms with Crippen LogP contribution in [-0.2, 0) is 16.1 Å². The highest BCUT2D eigenvalue weighted by atomic mass is 16.5. The molecule has 6 heteroatoms. The van der Waals surface area contributed by atoms with Gasteiger partial charge in [0.05, 0.1) is 18.0 Å². The molecule has 1 unspecified atom stereocenters. The summed E-state index contributed by atoms with van der Waals surface area (Å²) in [6.45, 7) is 4.60. The van der Waals surface area contributed by atoms with Gasteiger partial charge in [-0.3, -0.25) is 9.48 Å². The monoisotopic (exact) mass is 266 g/mol. The lowest BCUT2D eigenvalue weighted by atomic mass is 10.1. The number of carbonyl (C=O) groups excluding carboxylic acids is 1. The normalized spacial score (nSPS) is 19.6. The minimum Gasteiger partial charge on any atom is -0.396 e. The number of ether oxygens (including phenoxy) is 1. The summed E-state index contributed by atoms with van der Waals surface area (Å²) in [4.78, 5) is 14.0. The van der Waals surface area contributed by atoms with Crippen molar-refractivity contribution in [1.82, 2.24) is 14.7 Å². The van der Waals surface area contributed by atoms with Gasteiger partial charge >= 0.3 is 0 Å². The van der Waals surface area contributed by atoms with Gasteiger partial charge in [-0.15, -0.1) is 0 Å². The van der Waals surface area contributed by atoms with E-state index in [-0.39, 0.29) is 18.6 Å². The van der Waals surface area contributed by atoms with Gasteiger partial charge in [-0.25, -0.2) is 0 Å². The van der Waals surface area contributed by atoms with Crippen LogP contribution in [-0.4, -0.2) is 46.4 Å². The highest BCUT2D eigenvalue weighted by molar-refractivity contribution is 5.76. The molecule has 0 radical (unpaired) electrons. The average molecular weight is 266 g/mol. The molecule has 1 aromatic heterocycles. The van der Waals surface area contributed by atoms with Crippen molar-refractivity contribution in [3.05, 3.63) is 12.4 Å². The molecule has 19 heavy (non-hydrogen) atoms. The number of nitrogens with two attached hydrogens (primary N) is 1. The van der Waals surface area contributed by atoms with Crippen molar-refractivity contribution in [2.24, 2.45) is 0 Å². The van der Waals surface area contributed by atoms with E-state index < -0.39 is 0 Å². The van der Waals surface area contributed by atoms with Crippen molar-refractivity contribution >= 4 is 11.6 Å². The van der Waals surface area contributed by atoms with Gasteiger partial charge in [0.15, 0.2) is 0 Å². The third kappa shape index (κ3) is 3.96. The van der Waals surface area contributed by atoms with Gasteiger partial charge in [0.25, 0.3) is 0 Å². The van der Waals surface area contributed by atoms with Crippen molar-refractivity contribution in [3.8, 4) is 0 Å². The third-order valence-electron chi connectivity index (χ3n) is 3.24. The molecule has 1 amide bonds. The van der Waals surface area contributed by atoms with Gasteiger partial charge in [-0.1, -0.05) is 6.92 Å². The molecule has 2 rings (SSSR count). The number of rotatable bonds is 5. The van der Waals surface area contributed by atoms with Crippen molar-refractivity contribution in [3.63, 3.8) is 0 Å². The van der Waals surface area contributed by atoms with Crippen molar-refractivity contribution < 1.29 is 9.53 Å². The summed E-state index contributed by atoms with van der Waals surface area (Å²) in [5.74, 6) is 0.0768. The summed E-state index contributed by atoms with van der Waals surface area (Å²) in [6, 6.07) is 0. The van der Waals surface area contributed by atoms with Crippen molar-refractivity contribution in [2.45, 2.75) is 38.8 Å². The third-order valence-corrected chi connectivity index (χ3v) is 3.24. The van der Waals surface area contributed by atoms with Gasteiger partial charge in [0.1, 0.15) is 6.54 Å². The van der Waals surface area contributed by atoms with Crippen LogP contribution >= 0.6 is 0 Å². The largest absolute Gasteiger partial charge is 0.396 e. The molecular formula is C13H22N4O2. The molecule has 0 spiro atoms. The van der Waals surface area contributed by atoms with Crippen LogP contribution in [0.3, 0.4) is 0 Å². The standard InChI is InChI=1S/C13H22N4O2/c1-2-6-19-12-4-3-5-16(9-12)13(18)10-17-8-11(14)7-15-17/h7-8,12H,2-6,9-10,14H2,1H3. The fourth-order valence-corrected chi connectivity index (χ4v) is 2.29. The summed E-state index contributed by atoms with van der Waals surface area (Å²) in [5, 5.41) is 4.03. The molecule has 0 aromatic carbocycles. The maximum Gasteiger partial charge on any atom is 0.244 e. The topological polar surface area (TPSA) is 73.4 Å². The smallest absolute Gasteiger partial charge is 0.244 e. The van der Waals surface area contributed by atoms with E-state index in [9.17, 15) is 4.79 Å². The zero-order chi connectivity index (χ0) is 13.7. The van der Waals surface area contributed by atoms with E-state index >= 15 is 0 Å². The first-order chi connectivity index (χ1) is 9.19. The number of aromatic nitrogens is 2. The number of hydrogen-bond donors (Lipinski definition) is 1. The number of carbonyl (C=O) groups is 1. The summed E-state index contributed by atoms with van der Waals surface area (Å²) in [7, 11) is 0. The van der Waals surface area contributed by atoms with E-state index in [1.165, 1.54) is 0 Å². The van der Waals surface area contributed by atoms with E-state index in [4.69, 9.17) is 10.5 Å². The van der Waals surface area contributed by atoms with E-state index in [0.29, 0.717) is 12.2 Å². The van der Waals surface area contributed by atoms with E-state index in [0.717, 1.165) is 32.4 Å². The van der Waals surface area contributed by atoms with E-state index in [1.54, 1.807) is 17.1 Å². The Morgan fingerprint density at radius 2 is 2.47 bits per heavy atom. The first kappa shape index (κ1) is 13.9. The maximum atomic E-state index is 12.2. The Morgan fingerprint density at radius 1 is 1.63 bits per heavy atom. The number of nitrogens with zero attached hydrogens (tertiary/aromatic N) is 3. The molecule has 6 nitrogen and oxygen atoms in total. The van der Waals surface area contributed by atoms with Gasteiger partial charge in [-0.05, 0) is 19.3 Å². The predicted octanol–water partition coefficient (Wildman–Crippen LogP) is 0.883. The van der Waals surface area contributed by atoms with Crippen LogP contribution in [0.2, 0.25) is 0 Å². The van der Waals surface area contributed by atoms with E-state index in [1.807, 2.05) is 4.90 Å². The fraction of sp³-hybridized carbons (Fsp3) is 0.692. The maximum absolute atomic E-state index is 12.2. The molecule has 1 saturated heterocycles. The van der Waals surface area contributed by atoms with Gasteiger partial charge in [0.2, 0.25) is 5.91 Å². The molecule has 1 atom stereocenters. The zero-order valence-corrected chi connectivity index (χ0v) is 11.4. The number of likely N-dealkylation sites (tertiary alicyclic amines) is 1. The Hall–Kier alpha value is -1.56. The number of nitrogen functional groups attached to an aromatic ring is 1. The Kier molecular flexibility index (Phi) is 4.79. The fourth-order valence-electron chi connectivity index (χ4n) is 2.29. The Bertz CT molecular complexity index is 419. The van der Waals surface area contributed by atoms with Crippen LogP contribution in [0.5, 0.6) is 0 Å². The van der Waals surface area contributed by atoms with Gasteiger partial charge < -0.3 is 15.4 Å².